The van der Waals surface area contributed by atoms with Gasteiger partial charge in [0, 0.05) is 12.1 Å². The number of rotatable bonds is 8. The monoisotopic (exact) mass is 449 g/mol. The normalized spacial score (nSPS) is 11.0. The molecule has 0 bridgehead atoms. The average molecular weight is 450 g/mol. The maximum absolute atomic E-state index is 12.5. The second kappa shape index (κ2) is 9.02. The molecule has 3 rings (SSSR count). The molecule has 30 heavy (non-hydrogen) atoms. The summed E-state index contributed by atoms with van der Waals surface area (Å²) in [6.45, 7) is 0.0885. The molecule has 0 aliphatic heterocycles. The molecule has 0 heterocycles. The molecule has 0 aliphatic carbocycles. The molecule has 0 saturated carbocycles. The van der Waals surface area contributed by atoms with E-state index < -0.39 is 15.0 Å². The minimum absolute atomic E-state index is 0.0366. The van der Waals surface area contributed by atoms with Gasteiger partial charge in [0.25, 0.3) is 5.69 Å². The van der Waals surface area contributed by atoms with Crippen LogP contribution in [0.2, 0.25) is 5.02 Å². The van der Waals surface area contributed by atoms with Crippen molar-refractivity contribution in [3.8, 4) is 17.2 Å². The Kier molecular flexibility index (Phi) is 6.43. The minimum atomic E-state index is -4.06. The van der Waals surface area contributed by atoms with Crippen molar-refractivity contribution in [3.05, 3.63) is 87.4 Å². The number of para-hydroxylation sites is 2. The molecule has 0 amide bonds. The Morgan fingerprint density at radius 1 is 0.967 bits per heavy atom. The summed E-state index contributed by atoms with van der Waals surface area (Å²) in [6, 6.07) is 16.2. The summed E-state index contributed by atoms with van der Waals surface area (Å²) in [5.41, 5.74) is 0.526. The number of hydrogen-bond donors (Lipinski definition) is 0. The molecule has 3 aromatic carbocycles. The number of non-ortho nitro benzene ring substituents is 1. The highest BCUT2D eigenvalue weighted by atomic mass is 35.5. The van der Waals surface area contributed by atoms with Crippen LogP contribution < -0.4 is 13.7 Å². The molecule has 3 aromatic rings. The number of nitro benzene ring substituents is 1. The predicted octanol–water partition coefficient (Wildman–Crippen LogP) is 4.60. The number of benzene rings is 3. The number of halogens is 1. The van der Waals surface area contributed by atoms with Crippen LogP contribution in [0.25, 0.3) is 0 Å². The van der Waals surface area contributed by atoms with Gasteiger partial charge in [0.2, 0.25) is 0 Å². The number of nitrogens with zero attached hydrogens (tertiary/aromatic N) is 1. The first-order chi connectivity index (χ1) is 14.3. The lowest BCUT2D eigenvalue weighted by Crippen LogP contribution is -2.10. The van der Waals surface area contributed by atoms with Crippen LogP contribution >= 0.6 is 11.6 Å². The Balaban J connectivity index is 1.69. The van der Waals surface area contributed by atoms with Crippen molar-refractivity contribution in [1.82, 2.24) is 0 Å². The Hall–Kier alpha value is -3.30. The first kappa shape index (κ1) is 21.4. The van der Waals surface area contributed by atoms with Gasteiger partial charge in [-0.05, 0) is 35.9 Å². The fraction of sp³-hybridized carbons (Fsp3) is 0.100. The minimum Gasteiger partial charge on any atom is -0.493 e. The highest BCUT2D eigenvalue weighted by Gasteiger charge is 2.19. The van der Waals surface area contributed by atoms with Crippen molar-refractivity contribution in [2.45, 2.75) is 11.5 Å². The van der Waals surface area contributed by atoms with Crippen LogP contribution in [0.3, 0.4) is 0 Å². The summed E-state index contributed by atoms with van der Waals surface area (Å²) in [7, 11) is -2.64. The van der Waals surface area contributed by atoms with Crippen LogP contribution in [0.1, 0.15) is 5.56 Å². The van der Waals surface area contributed by atoms with E-state index in [9.17, 15) is 18.5 Å². The van der Waals surface area contributed by atoms with Gasteiger partial charge in [-0.15, -0.1) is 0 Å². The fourth-order valence-electron chi connectivity index (χ4n) is 2.49. The van der Waals surface area contributed by atoms with Gasteiger partial charge in [-0.3, -0.25) is 10.1 Å². The van der Waals surface area contributed by atoms with Crippen LogP contribution in [0, 0.1) is 10.1 Å². The van der Waals surface area contributed by atoms with Gasteiger partial charge in [-0.1, -0.05) is 35.9 Å². The molecule has 0 aromatic heterocycles. The largest absolute Gasteiger partial charge is 0.493 e. The Morgan fingerprint density at radius 2 is 1.63 bits per heavy atom. The first-order valence-corrected chi connectivity index (χ1v) is 10.3. The van der Waals surface area contributed by atoms with Crippen LogP contribution in [-0.2, 0) is 16.7 Å². The van der Waals surface area contributed by atoms with Crippen molar-refractivity contribution in [2.75, 3.05) is 7.11 Å². The molecule has 0 atom stereocenters. The highest BCUT2D eigenvalue weighted by Crippen LogP contribution is 2.30. The summed E-state index contributed by atoms with van der Waals surface area (Å²) in [4.78, 5) is 10.2. The Morgan fingerprint density at radius 3 is 2.23 bits per heavy atom. The third-order valence-electron chi connectivity index (χ3n) is 4.00. The summed E-state index contributed by atoms with van der Waals surface area (Å²) in [6.07, 6.45) is 0. The number of ether oxygens (including phenoxy) is 2. The second-order valence-corrected chi connectivity index (χ2v) is 7.95. The van der Waals surface area contributed by atoms with Crippen molar-refractivity contribution >= 4 is 27.4 Å². The maximum Gasteiger partial charge on any atom is 0.339 e. The lowest BCUT2D eigenvalue weighted by Gasteiger charge is -2.11. The molecule has 0 aliphatic rings. The predicted molar refractivity (Wildman–Crippen MR) is 110 cm³/mol. The van der Waals surface area contributed by atoms with E-state index in [-0.39, 0.29) is 33.7 Å². The summed E-state index contributed by atoms with van der Waals surface area (Å²) >= 11 is 5.99. The van der Waals surface area contributed by atoms with E-state index in [4.69, 9.17) is 25.3 Å². The fourth-order valence-corrected chi connectivity index (χ4v) is 3.66. The van der Waals surface area contributed by atoms with Crippen LogP contribution in [0.5, 0.6) is 17.2 Å². The van der Waals surface area contributed by atoms with E-state index in [1.54, 1.807) is 30.3 Å². The zero-order valence-electron chi connectivity index (χ0n) is 15.6. The molecular formula is C20H16ClNO7S. The van der Waals surface area contributed by atoms with Gasteiger partial charge < -0.3 is 13.7 Å². The third kappa shape index (κ3) is 5.00. The quantitative estimate of drug-likeness (QED) is 0.281. The van der Waals surface area contributed by atoms with Gasteiger partial charge in [0.1, 0.15) is 17.3 Å². The number of hydrogen-bond acceptors (Lipinski definition) is 7. The third-order valence-corrected chi connectivity index (χ3v) is 5.55. The maximum atomic E-state index is 12.5. The van der Waals surface area contributed by atoms with E-state index >= 15 is 0 Å². The summed E-state index contributed by atoms with van der Waals surface area (Å²) < 4.78 is 40.8. The molecule has 0 radical (unpaired) electrons. The van der Waals surface area contributed by atoms with Crippen LogP contribution in [0.4, 0.5) is 5.69 Å². The molecule has 0 unspecified atom stereocenters. The lowest BCUT2D eigenvalue weighted by atomic mass is 10.2. The SMILES string of the molecule is COc1ccccc1OS(=O)(=O)c1ccc(COc2ccc([N+](=O)[O-])cc2Cl)cc1. The lowest BCUT2D eigenvalue weighted by molar-refractivity contribution is -0.384. The number of methoxy groups -OCH3 is 1. The van der Waals surface area contributed by atoms with Crippen LogP contribution in [0.15, 0.2) is 71.6 Å². The molecule has 0 saturated heterocycles. The molecule has 156 valence electrons. The van der Waals surface area contributed by atoms with Gasteiger partial charge in [-0.2, -0.15) is 8.42 Å². The summed E-state index contributed by atoms with van der Waals surface area (Å²) in [5.74, 6) is 0.657. The molecule has 10 heteroatoms. The zero-order chi connectivity index (χ0) is 21.7. The zero-order valence-corrected chi connectivity index (χ0v) is 17.2. The van der Waals surface area contributed by atoms with Crippen LogP contribution in [-0.4, -0.2) is 20.5 Å². The second-order valence-electron chi connectivity index (χ2n) is 5.99. The average Bonchev–Trinajstić information content (AvgIpc) is 2.73. The molecule has 0 N–H and O–H groups in total. The topological polar surface area (TPSA) is 105 Å². The van der Waals surface area contributed by atoms with Gasteiger partial charge in [-0.25, -0.2) is 0 Å². The summed E-state index contributed by atoms with van der Waals surface area (Å²) in [5, 5.41) is 10.9. The smallest absolute Gasteiger partial charge is 0.339 e. The van der Waals surface area contributed by atoms with Gasteiger partial charge >= 0.3 is 10.1 Å². The van der Waals surface area contributed by atoms with Crippen molar-refractivity contribution in [2.24, 2.45) is 0 Å². The standard InChI is InChI=1S/C20H16ClNO7S/c1-27-19-4-2-3-5-20(19)29-30(25,26)16-9-6-14(7-10-16)13-28-18-11-8-15(22(23)24)12-17(18)21/h2-12H,13H2,1H3. The van der Waals surface area contributed by atoms with Crippen molar-refractivity contribution in [1.29, 1.82) is 0 Å². The molecular weight excluding hydrogens is 434 g/mol. The van der Waals surface area contributed by atoms with Gasteiger partial charge in [0.15, 0.2) is 11.5 Å². The molecule has 0 fully saturated rings. The number of nitro groups is 1. The Labute approximate surface area is 177 Å². The molecule has 8 nitrogen and oxygen atoms in total. The first-order valence-electron chi connectivity index (χ1n) is 8.53. The Bertz CT molecular complexity index is 1160. The van der Waals surface area contributed by atoms with E-state index in [0.29, 0.717) is 11.3 Å². The highest BCUT2D eigenvalue weighted by molar-refractivity contribution is 7.87. The molecule has 0 spiro atoms. The van der Waals surface area contributed by atoms with E-state index in [0.717, 1.165) is 0 Å². The van der Waals surface area contributed by atoms with Crippen molar-refractivity contribution < 1.29 is 27.0 Å². The van der Waals surface area contributed by atoms with E-state index in [2.05, 4.69) is 0 Å². The van der Waals surface area contributed by atoms with E-state index in [1.807, 2.05) is 0 Å². The van der Waals surface area contributed by atoms with Crippen molar-refractivity contribution in [3.63, 3.8) is 0 Å². The van der Waals surface area contributed by atoms with Gasteiger partial charge in [0.05, 0.1) is 17.1 Å². The van der Waals surface area contributed by atoms with E-state index in [1.165, 1.54) is 43.5 Å².